The maximum Gasteiger partial charge on any atom is 0.118 e. The Labute approximate surface area is 125 Å². The van der Waals surface area contributed by atoms with Crippen molar-refractivity contribution in [1.29, 1.82) is 0 Å². The van der Waals surface area contributed by atoms with Crippen LogP contribution < -0.4 is 4.74 Å². The van der Waals surface area contributed by atoms with Crippen LogP contribution in [-0.2, 0) is 19.3 Å². The Morgan fingerprint density at radius 2 is 1.80 bits per heavy atom. The van der Waals surface area contributed by atoms with Crippen LogP contribution in [0.4, 0.5) is 0 Å². The Bertz CT molecular complexity index is 516. The fourth-order valence-corrected chi connectivity index (χ4v) is 3.21. The van der Waals surface area contributed by atoms with Gasteiger partial charge in [-0.3, -0.25) is 0 Å². The van der Waals surface area contributed by atoms with Gasteiger partial charge < -0.3 is 9.84 Å². The molecule has 0 aliphatic carbocycles. The Morgan fingerprint density at radius 3 is 2.40 bits per heavy atom. The predicted molar refractivity (Wildman–Crippen MR) is 84.7 cm³/mol. The van der Waals surface area contributed by atoms with Crippen molar-refractivity contribution in [2.75, 3.05) is 7.11 Å². The number of hydrogen-bond donors (Lipinski definition) is 1. The molecule has 2 nitrogen and oxygen atoms in total. The SMILES string of the molecule is CCc1ccc(CC(O)CCc2ccc(OC)cc2)s1. The third kappa shape index (κ3) is 4.36. The van der Waals surface area contributed by atoms with Crippen molar-refractivity contribution in [2.24, 2.45) is 0 Å². The Kier molecular flexibility index (Phi) is 5.62. The van der Waals surface area contributed by atoms with E-state index in [1.807, 2.05) is 23.5 Å². The van der Waals surface area contributed by atoms with Gasteiger partial charge in [-0.05, 0) is 49.1 Å². The Hall–Kier alpha value is -1.32. The molecule has 0 aliphatic rings. The molecule has 2 aromatic rings. The second-order valence-corrected chi connectivity index (χ2v) is 6.22. The standard InChI is InChI=1S/C17H22O2S/c1-3-16-10-11-17(20-16)12-14(18)7-4-13-5-8-15(19-2)9-6-13/h5-6,8-11,14,18H,3-4,7,12H2,1-2H3. The molecule has 2 rings (SSSR count). The van der Waals surface area contributed by atoms with E-state index in [0.29, 0.717) is 0 Å². The van der Waals surface area contributed by atoms with Crippen LogP contribution in [0.2, 0.25) is 0 Å². The average Bonchev–Trinajstić information content (AvgIpc) is 2.93. The summed E-state index contributed by atoms with van der Waals surface area (Å²) in [7, 11) is 1.67. The first-order chi connectivity index (χ1) is 9.71. The van der Waals surface area contributed by atoms with Crippen LogP contribution >= 0.6 is 11.3 Å². The van der Waals surface area contributed by atoms with Crippen molar-refractivity contribution in [1.82, 2.24) is 0 Å². The van der Waals surface area contributed by atoms with Gasteiger partial charge in [0, 0.05) is 16.2 Å². The number of benzene rings is 1. The number of aryl methyl sites for hydroxylation is 2. The van der Waals surface area contributed by atoms with E-state index in [1.165, 1.54) is 15.3 Å². The van der Waals surface area contributed by atoms with Crippen LogP contribution in [0.3, 0.4) is 0 Å². The van der Waals surface area contributed by atoms with Gasteiger partial charge in [0.1, 0.15) is 5.75 Å². The normalized spacial score (nSPS) is 12.3. The predicted octanol–water partition coefficient (Wildman–Crippen LogP) is 3.86. The van der Waals surface area contributed by atoms with Gasteiger partial charge >= 0.3 is 0 Å². The molecule has 1 aromatic heterocycles. The van der Waals surface area contributed by atoms with Gasteiger partial charge in [-0.2, -0.15) is 0 Å². The van der Waals surface area contributed by atoms with E-state index in [0.717, 1.165) is 31.4 Å². The minimum absolute atomic E-state index is 0.263. The molecule has 1 unspecified atom stereocenters. The molecule has 0 saturated carbocycles. The first-order valence-corrected chi connectivity index (χ1v) is 7.91. The van der Waals surface area contributed by atoms with E-state index in [4.69, 9.17) is 4.74 Å². The molecular weight excluding hydrogens is 268 g/mol. The third-order valence-electron chi connectivity index (χ3n) is 3.43. The van der Waals surface area contributed by atoms with Crippen molar-refractivity contribution in [3.8, 4) is 5.75 Å². The van der Waals surface area contributed by atoms with Gasteiger partial charge in [0.2, 0.25) is 0 Å². The fourth-order valence-electron chi connectivity index (χ4n) is 2.18. The summed E-state index contributed by atoms with van der Waals surface area (Å²) in [6.45, 7) is 2.16. The monoisotopic (exact) mass is 290 g/mol. The second kappa shape index (κ2) is 7.46. The van der Waals surface area contributed by atoms with Crippen LogP contribution in [0.25, 0.3) is 0 Å². The first-order valence-electron chi connectivity index (χ1n) is 7.10. The largest absolute Gasteiger partial charge is 0.497 e. The summed E-state index contributed by atoms with van der Waals surface area (Å²) in [5.41, 5.74) is 1.24. The first kappa shape index (κ1) is 15.1. The number of aliphatic hydroxyl groups is 1. The highest BCUT2D eigenvalue weighted by Gasteiger charge is 2.08. The van der Waals surface area contributed by atoms with E-state index in [2.05, 4.69) is 31.2 Å². The lowest BCUT2D eigenvalue weighted by molar-refractivity contribution is 0.166. The van der Waals surface area contributed by atoms with Crippen LogP contribution in [0, 0.1) is 0 Å². The molecule has 1 heterocycles. The zero-order chi connectivity index (χ0) is 14.4. The molecule has 0 amide bonds. The van der Waals surface area contributed by atoms with Gasteiger partial charge in [0.25, 0.3) is 0 Å². The smallest absolute Gasteiger partial charge is 0.118 e. The van der Waals surface area contributed by atoms with Gasteiger partial charge in [-0.25, -0.2) is 0 Å². The minimum atomic E-state index is -0.263. The summed E-state index contributed by atoms with van der Waals surface area (Å²) in [5.74, 6) is 0.875. The maximum absolute atomic E-state index is 10.1. The van der Waals surface area contributed by atoms with Crippen LogP contribution in [0.15, 0.2) is 36.4 Å². The topological polar surface area (TPSA) is 29.5 Å². The fraction of sp³-hybridized carbons (Fsp3) is 0.412. The zero-order valence-electron chi connectivity index (χ0n) is 12.1. The molecule has 0 aliphatic heterocycles. The van der Waals surface area contributed by atoms with Gasteiger partial charge in [-0.1, -0.05) is 19.1 Å². The average molecular weight is 290 g/mol. The van der Waals surface area contributed by atoms with E-state index in [-0.39, 0.29) is 6.10 Å². The van der Waals surface area contributed by atoms with Crippen molar-refractivity contribution in [3.05, 3.63) is 51.7 Å². The molecule has 1 aromatic carbocycles. The summed E-state index contributed by atoms with van der Waals surface area (Å²) in [6, 6.07) is 12.4. The highest BCUT2D eigenvalue weighted by molar-refractivity contribution is 7.11. The molecule has 1 N–H and O–H groups in total. The number of methoxy groups -OCH3 is 1. The summed E-state index contributed by atoms with van der Waals surface area (Å²) in [4.78, 5) is 2.67. The number of rotatable bonds is 7. The highest BCUT2D eigenvalue weighted by Crippen LogP contribution is 2.20. The number of thiophene rings is 1. The molecule has 0 radical (unpaired) electrons. The molecule has 0 spiro atoms. The Morgan fingerprint density at radius 1 is 1.10 bits per heavy atom. The number of ether oxygens (including phenoxy) is 1. The van der Waals surface area contributed by atoms with E-state index in [1.54, 1.807) is 7.11 Å². The summed E-state index contributed by atoms with van der Waals surface area (Å²) >= 11 is 1.81. The van der Waals surface area contributed by atoms with Crippen LogP contribution in [-0.4, -0.2) is 18.3 Å². The van der Waals surface area contributed by atoms with E-state index < -0.39 is 0 Å². The molecule has 0 saturated heterocycles. The lowest BCUT2D eigenvalue weighted by atomic mass is 10.0. The van der Waals surface area contributed by atoms with Crippen LogP contribution in [0.1, 0.15) is 28.7 Å². The second-order valence-electron chi connectivity index (χ2n) is 4.97. The number of hydrogen-bond acceptors (Lipinski definition) is 3. The molecular formula is C17H22O2S. The van der Waals surface area contributed by atoms with Crippen molar-refractivity contribution in [3.63, 3.8) is 0 Å². The van der Waals surface area contributed by atoms with Crippen LogP contribution in [0.5, 0.6) is 5.75 Å². The lowest BCUT2D eigenvalue weighted by Gasteiger charge is -2.09. The molecule has 3 heteroatoms. The summed E-state index contributed by atoms with van der Waals surface area (Å²) < 4.78 is 5.14. The minimum Gasteiger partial charge on any atom is -0.497 e. The van der Waals surface area contributed by atoms with Gasteiger partial charge in [0.15, 0.2) is 0 Å². The number of aliphatic hydroxyl groups excluding tert-OH is 1. The summed E-state index contributed by atoms with van der Waals surface area (Å²) in [6.07, 6.45) is 3.27. The third-order valence-corrected chi connectivity index (χ3v) is 4.68. The van der Waals surface area contributed by atoms with Gasteiger partial charge in [-0.15, -0.1) is 11.3 Å². The van der Waals surface area contributed by atoms with Crippen molar-refractivity contribution < 1.29 is 9.84 Å². The lowest BCUT2D eigenvalue weighted by Crippen LogP contribution is -2.10. The quantitative estimate of drug-likeness (QED) is 0.839. The maximum atomic E-state index is 10.1. The molecule has 1 atom stereocenters. The molecule has 0 fully saturated rings. The summed E-state index contributed by atoms with van der Waals surface area (Å²) in [5, 5.41) is 10.1. The molecule has 108 valence electrons. The highest BCUT2D eigenvalue weighted by atomic mass is 32.1. The zero-order valence-corrected chi connectivity index (χ0v) is 13.0. The van der Waals surface area contributed by atoms with E-state index >= 15 is 0 Å². The van der Waals surface area contributed by atoms with E-state index in [9.17, 15) is 5.11 Å². The Balaban J connectivity index is 1.80. The van der Waals surface area contributed by atoms with Gasteiger partial charge in [0.05, 0.1) is 13.2 Å². The molecule has 20 heavy (non-hydrogen) atoms. The molecule has 0 bridgehead atoms. The van der Waals surface area contributed by atoms with Crippen molar-refractivity contribution in [2.45, 2.75) is 38.7 Å². The van der Waals surface area contributed by atoms with Crippen molar-refractivity contribution >= 4 is 11.3 Å².